The predicted octanol–water partition coefficient (Wildman–Crippen LogP) is 2.59. The van der Waals surface area contributed by atoms with E-state index in [1.165, 1.54) is 22.8 Å². The largest absolute Gasteiger partial charge is 0.367 e. The summed E-state index contributed by atoms with van der Waals surface area (Å²) in [5, 5.41) is 2.96. The first-order valence-electron chi connectivity index (χ1n) is 10.3. The minimum atomic E-state index is -3.20. The summed E-state index contributed by atoms with van der Waals surface area (Å²) < 4.78 is 66.4. The number of rotatable bonds is 9. The zero-order valence-corrected chi connectivity index (χ0v) is 18.6. The van der Waals surface area contributed by atoms with Crippen LogP contribution in [0.15, 0.2) is 24.7 Å². The fraction of sp³-hybridized carbons (Fsp3) is 0.550. The van der Waals surface area contributed by atoms with Gasteiger partial charge in [0.1, 0.15) is 6.33 Å². The van der Waals surface area contributed by atoms with Crippen molar-refractivity contribution >= 4 is 21.7 Å². The average Bonchev–Trinajstić information content (AvgIpc) is 3.50. The van der Waals surface area contributed by atoms with Gasteiger partial charge in [0.2, 0.25) is 15.8 Å². The van der Waals surface area contributed by atoms with Crippen molar-refractivity contribution in [3.05, 3.63) is 41.7 Å². The van der Waals surface area contributed by atoms with Gasteiger partial charge >= 0.3 is 0 Å². The van der Waals surface area contributed by atoms with E-state index in [-0.39, 0.29) is 35.7 Å². The molecule has 174 valence electrons. The second-order valence-corrected chi connectivity index (χ2v) is 10.5. The van der Waals surface area contributed by atoms with Crippen LogP contribution in [0.3, 0.4) is 0 Å². The highest BCUT2D eigenvalue weighted by Gasteiger charge is 2.35. The summed E-state index contributed by atoms with van der Waals surface area (Å²) in [5.74, 6) is -3.33. The topological polar surface area (TPSA) is 91.3 Å². The molecule has 0 aromatic carbocycles. The molecule has 1 aliphatic heterocycles. The summed E-state index contributed by atoms with van der Waals surface area (Å²) >= 11 is 0. The molecule has 0 radical (unpaired) electrons. The van der Waals surface area contributed by atoms with Crippen LogP contribution in [-0.2, 0) is 22.5 Å². The number of anilines is 2. The number of hydrogen-bond acceptors (Lipinski definition) is 7. The number of aromatic nitrogens is 3. The average molecular weight is 471 g/mol. The standard InChI is InChI=1S/C20H25F3N6O2S/c1-20(22,23)14-3-4-15(24-8-14)11-29(16-5-6-16)19-17(21)18(26-12-27-19)25-7-13-9-28(10-13)32(2,30)31/h3-4,8,12-13,16H,5-7,9-11H2,1-2H3,(H,25,26,27). The first kappa shape index (κ1) is 22.7. The van der Waals surface area contributed by atoms with Gasteiger partial charge < -0.3 is 10.2 Å². The molecule has 0 bridgehead atoms. The molecule has 0 unspecified atom stereocenters. The number of halogens is 3. The number of nitrogens with one attached hydrogen (secondary N) is 1. The third-order valence-corrected chi connectivity index (χ3v) is 6.88. The Bertz CT molecular complexity index is 1070. The normalized spacial score (nSPS) is 17.8. The Morgan fingerprint density at radius 2 is 1.94 bits per heavy atom. The van der Waals surface area contributed by atoms with Gasteiger partial charge in [-0.1, -0.05) is 0 Å². The van der Waals surface area contributed by atoms with E-state index in [4.69, 9.17) is 0 Å². The highest BCUT2D eigenvalue weighted by Crippen LogP contribution is 2.35. The van der Waals surface area contributed by atoms with Gasteiger partial charge in [-0.05, 0) is 25.0 Å². The molecule has 8 nitrogen and oxygen atoms in total. The lowest BCUT2D eigenvalue weighted by atomic mass is 10.0. The molecular weight excluding hydrogens is 445 g/mol. The Balaban J connectivity index is 1.44. The molecule has 1 saturated carbocycles. The van der Waals surface area contributed by atoms with Crippen molar-refractivity contribution in [1.29, 1.82) is 0 Å². The number of nitrogens with zero attached hydrogens (tertiary/aromatic N) is 5. The third-order valence-electron chi connectivity index (χ3n) is 5.65. The van der Waals surface area contributed by atoms with Gasteiger partial charge in [-0.3, -0.25) is 4.98 Å². The van der Waals surface area contributed by atoms with Crippen LogP contribution in [0.25, 0.3) is 0 Å². The SMILES string of the molecule is CC(F)(F)c1ccc(CN(c2ncnc(NCC3CN(S(C)(=O)=O)C3)c2F)C2CC2)nc1. The van der Waals surface area contributed by atoms with Crippen LogP contribution in [0.2, 0.25) is 0 Å². The lowest BCUT2D eigenvalue weighted by Gasteiger charge is -2.37. The lowest BCUT2D eigenvalue weighted by Crippen LogP contribution is -2.51. The van der Waals surface area contributed by atoms with E-state index >= 15 is 4.39 Å². The molecule has 0 amide bonds. The molecule has 4 rings (SSSR count). The first-order chi connectivity index (χ1) is 15.0. The van der Waals surface area contributed by atoms with Crippen molar-refractivity contribution < 1.29 is 21.6 Å². The Kier molecular flexibility index (Phi) is 6.01. The maximum absolute atomic E-state index is 15.2. The van der Waals surface area contributed by atoms with Crippen LogP contribution in [0.5, 0.6) is 0 Å². The molecule has 1 aliphatic carbocycles. The maximum Gasteiger partial charge on any atom is 0.272 e. The monoisotopic (exact) mass is 470 g/mol. The van der Waals surface area contributed by atoms with Gasteiger partial charge in [-0.2, -0.15) is 4.39 Å². The fourth-order valence-electron chi connectivity index (χ4n) is 3.56. The van der Waals surface area contributed by atoms with Crippen LogP contribution in [0.4, 0.5) is 24.8 Å². The molecule has 1 saturated heterocycles. The molecule has 2 aromatic heterocycles. The third kappa shape index (κ3) is 5.12. The zero-order chi connectivity index (χ0) is 23.1. The van der Waals surface area contributed by atoms with Gasteiger partial charge in [0.15, 0.2) is 11.6 Å². The van der Waals surface area contributed by atoms with Crippen molar-refractivity contribution in [2.45, 2.75) is 38.3 Å². The molecule has 2 fully saturated rings. The van der Waals surface area contributed by atoms with Gasteiger partial charge in [0.25, 0.3) is 5.92 Å². The molecule has 32 heavy (non-hydrogen) atoms. The van der Waals surface area contributed by atoms with E-state index < -0.39 is 21.8 Å². The summed E-state index contributed by atoms with van der Waals surface area (Å²) in [7, 11) is -3.20. The number of pyridine rings is 1. The zero-order valence-electron chi connectivity index (χ0n) is 17.8. The summed E-state index contributed by atoms with van der Waals surface area (Å²) in [6, 6.07) is 2.94. The minimum Gasteiger partial charge on any atom is -0.367 e. The quantitative estimate of drug-likeness (QED) is 0.602. The second-order valence-electron chi connectivity index (χ2n) is 8.47. The van der Waals surface area contributed by atoms with Gasteiger partial charge in [-0.25, -0.2) is 31.5 Å². The molecular formula is C20H25F3N6O2S. The van der Waals surface area contributed by atoms with Gasteiger partial charge in [0, 0.05) is 50.3 Å². The molecule has 2 aliphatic rings. The minimum absolute atomic E-state index is 0.0485. The fourth-order valence-corrected chi connectivity index (χ4v) is 4.53. The van der Waals surface area contributed by atoms with E-state index in [0.29, 0.717) is 25.3 Å². The number of hydrogen-bond donors (Lipinski definition) is 1. The van der Waals surface area contributed by atoms with Gasteiger partial charge in [-0.15, -0.1) is 0 Å². The van der Waals surface area contributed by atoms with Crippen LogP contribution >= 0.6 is 0 Å². The summed E-state index contributed by atoms with van der Waals surface area (Å²) in [5.41, 5.74) is 0.358. The van der Waals surface area contributed by atoms with Crippen LogP contribution < -0.4 is 10.2 Å². The highest BCUT2D eigenvalue weighted by molar-refractivity contribution is 7.88. The smallest absolute Gasteiger partial charge is 0.272 e. The van der Waals surface area contributed by atoms with Crippen LogP contribution in [0, 0.1) is 11.7 Å². The van der Waals surface area contributed by atoms with E-state index in [0.717, 1.165) is 32.2 Å². The van der Waals surface area contributed by atoms with Gasteiger partial charge in [0.05, 0.1) is 18.5 Å². The molecule has 3 heterocycles. The Labute approximate surface area is 184 Å². The lowest BCUT2D eigenvalue weighted by molar-refractivity contribution is 0.0171. The second kappa shape index (κ2) is 8.47. The van der Waals surface area contributed by atoms with Crippen molar-refractivity contribution in [2.24, 2.45) is 5.92 Å². The molecule has 12 heteroatoms. The van der Waals surface area contributed by atoms with E-state index in [2.05, 4.69) is 20.3 Å². The van der Waals surface area contributed by atoms with Crippen molar-refractivity contribution in [3.63, 3.8) is 0 Å². The van der Waals surface area contributed by atoms with E-state index in [1.54, 1.807) is 4.90 Å². The maximum atomic E-state index is 15.2. The van der Waals surface area contributed by atoms with Crippen molar-refractivity contribution in [2.75, 3.05) is 36.1 Å². The molecule has 0 spiro atoms. The molecule has 1 N–H and O–H groups in total. The van der Waals surface area contributed by atoms with E-state index in [9.17, 15) is 17.2 Å². The van der Waals surface area contributed by atoms with Crippen molar-refractivity contribution in [1.82, 2.24) is 19.3 Å². The summed E-state index contributed by atoms with van der Waals surface area (Å²) in [6.07, 6.45) is 5.33. The molecule has 2 aromatic rings. The number of alkyl halides is 2. The van der Waals surface area contributed by atoms with E-state index in [1.807, 2.05) is 0 Å². The predicted molar refractivity (Wildman–Crippen MR) is 113 cm³/mol. The first-order valence-corrected chi connectivity index (χ1v) is 12.2. The Hall–Kier alpha value is -2.47. The summed E-state index contributed by atoms with van der Waals surface area (Å²) in [6.45, 7) is 2.21. The Morgan fingerprint density at radius 1 is 1.22 bits per heavy atom. The summed E-state index contributed by atoms with van der Waals surface area (Å²) in [4.78, 5) is 14.0. The van der Waals surface area contributed by atoms with Crippen LogP contribution in [-0.4, -0.2) is 59.6 Å². The number of sulfonamides is 1. The Morgan fingerprint density at radius 3 is 2.50 bits per heavy atom. The molecule has 0 atom stereocenters. The van der Waals surface area contributed by atoms with Crippen molar-refractivity contribution in [3.8, 4) is 0 Å². The van der Waals surface area contributed by atoms with Crippen LogP contribution in [0.1, 0.15) is 31.0 Å². The highest BCUT2D eigenvalue weighted by atomic mass is 32.2.